The molecule has 0 bridgehead atoms. The number of aryl methyl sites for hydroxylation is 1. The van der Waals surface area contributed by atoms with Crippen molar-refractivity contribution in [2.75, 3.05) is 39.2 Å². The van der Waals surface area contributed by atoms with Gasteiger partial charge in [0.2, 0.25) is 15.9 Å². The minimum absolute atomic E-state index is 0.0147. The molecule has 1 aromatic carbocycles. The Morgan fingerprint density at radius 2 is 2.17 bits per heavy atom. The highest BCUT2D eigenvalue weighted by molar-refractivity contribution is 7.89. The smallest absolute Gasteiger partial charge is 0.242 e. The fraction of sp³-hybridized carbons (Fsp3) is 0.533. The molecule has 8 heteroatoms. The number of amides is 1. The molecule has 0 saturated carbocycles. The van der Waals surface area contributed by atoms with Crippen LogP contribution in [0.3, 0.4) is 0 Å². The van der Waals surface area contributed by atoms with Gasteiger partial charge in [-0.25, -0.2) is 12.7 Å². The Morgan fingerprint density at radius 1 is 1.43 bits per heavy atom. The number of ether oxygens (including phenoxy) is 1. The summed E-state index contributed by atoms with van der Waals surface area (Å²) < 4.78 is 31.1. The molecule has 1 aliphatic rings. The van der Waals surface area contributed by atoms with Crippen LogP contribution >= 0.6 is 0 Å². The first-order valence-corrected chi connectivity index (χ1v) is 8.89. The van der Waals surface area contributed by atoms with E-state index in [1.54, 1.807) is 19.1 Å². The van der Waals surface area contributed by atoms with Gasteiger partial charge in [0.25, 0.3) is 0 Å². The number of nitrogens with one attached hydrogen (secondary N) is 2. The van der Waals surface area contributed by atoms with E-state index in [0.29, 0.717) is 24.5 Å². The van der Waals surface area contributed by atoms with Crippen molar-refractivity contribution < 1.29 is 17.9 Å². The van der Waals surface area contributed by atoms with Crippen LogP contribution in [-0.2, 0) is 19.6 Å². The summed E-state index contributed by atoms with van der Waals surface area (Å²) in [6.45, 7) is 3.61. The van der Waals surface area contributed by atoms with Crippen molar-refractivity contribution in [1.29, 1.82) is 0 Å². The quantitative estimate of drug-likeness (QED) is 0.817. The first kappa shape index (κ1) is 17.9. The fourth-order valence-electron chi connectivity index (χ4n) is 2.34. The second kappa shape index (κ2) is 7.39. The van der Waals surface area contributed by atoms with Crippen molar-refractivity contribution >= 4 is 21.6 Å². The van der Waals surface area contributed by atoms with E-state index in [-0.39, 0.29) is 23.3 Å². The van der Waals surface area contributed by atoms with Crippen LogP contribution in [0.15, 0.2) is 23.1 Å². The molecule has 1 unspecified atom stereocenters. The summed E-state index contributed by atoms with van der Waals surface area (Å²) >= 11 is 0. The monoisotopic (exact) mass is 341 g/mol. The highest BCUT2D eigenvalue weighted by atomic mass is 32.2. The van der Waals surface area contributed by atoms with Gasteiger partial charge in [0.05, 0.1) is 18.1 Å². The van der Waals surface area contributed by atoms with Crippen LogP contribution in [0.25, 0.3) is 0 Å². The molecule has 2 N–H and O–H groups in total. The van der Waals surface area contributed by atoms with E-state index in [9.17, 15) is 13.2 Å². The summed E-state index contributed by atoms with van der Waals surface area (Å²) in [5, 5.41) is 5.96. The summed E-state index contributed by atoms with van der Waals surface area (Å²) in [5.74, 6) is -0.176. The molecule has 0 spiro atoms. The maximum Gasteiger partial charge on any atom is 0.242 e. The van der Waals surface area contributed by atoms with Gasteiger partial charge in [-0.3, -0.25) is 4.79 Å². The number of benzene rings is 1. The molecule has 0 aromatic heterocycles. The third kappa shape index (κ3) is 4.51. The number of morpholine rings is 1. The van der Waals surface area contributed by atoms with E-state index < -0.39 is 10.0 Å². The van der Waals surface area contributed by atoms with Crippen molar-refractivity contribution in [3.8, 4) is 0 Å². The van der Waals surface area contributed by atoms with Gasteiger partial charge in [-0.1, -0.05) is 6.07 Å². The number of carbonyl (C=O) groups is 1. The molecule has 2 rings (SSSR count). The van der Waals surface area contributed by atoms with Crippen molar-refractivity contribution in [2.45, 2.75) is 24.3 Å². The first-order chi connectivity index (χ1) is 10.8. The van der Waals surface area contributed by atoms with Gasteiger partial charge in [-0.2, -0.15) is 0 Å². The van der Waals surface area contributed by atoms with Gasteiger partial charge >= 0.3 is 0 Å². The Kier molecular flexibility index (Phi) is 5.74. The summed E-state index contributed by atoms with van der Waals surface area (Å²) in [6.07, 6.45) is 0.281. The van der Waals surface area contributed by atoms with Crippen molar-refractivity contribution in [1.82, 2.24) is 9.62 Å². The van der Waals surface area contributed by atoms with Gasteiger partial charge < -0.3 is 15.4 Å². The van der Waals surface area contributed by atoms with Crippen molar-refractivity contribution in [3.63, 3.8) is 0 Å². The Morgan fingerprint density at radius 3 is 2.78 bits per heavy atom. The van der Waals surface area contributed by atoms with Crippen LogP contribution in [0.5, 0.6) is 0 Å². The average molecular weight is 341 g/mol. The van der Waals surface area contributed by atoms with Gasteiger partial charge in [0.1, 0.15) is 0 Å². The standard InChI is InChI=1S/C15H23N3O4S/c1-11-4-5-12(8-14(11)23(20,21)18(2)3)17-15(19)9-13-10-22-7-6-16-13/h4-5,8,13,16H,6-7,9-10H2,1-3H3,(H,17,19). The lowest BCUT2D eigenvalue weighted by Crippen LogP contribution is -2.43. The van der Waals surface area contributed by atoms with Crippen LogP contribution in [0.1, 0.15) is 12.0 Å². The van der Waals surface area contributed by atoms with Crippen LogP contribution < -0.4 is 10.6 Å². The second-order valence-corrected chi connectivity index (χ2v) is 7.87. The van der Waals surface area contributed by atoms with Gasteiger partial charge in [-0.05, 0) is 24.6 Å². The molecule has 7 nitrogen and oxygen atoms in total. The van der Waals surface area contributed by atoms with E-state index in [1.807, 2.05) is 0 Å². The SMILES string of the molecule is Cc1ccc(NC(=O)CC2COCCN2)cc1S(=O)(=O)N(C)C. The number of anilines is 1. The summed E-state index contributed by atoms with van der Waals surface area (Å²) in [5.41, 5.74) is 1.11. The van der Waals surface area contributed by atoms with Crippen LogP contribution in [-0.4, -0.2) is 58.5 Å². The van der Waals surface area contributed by atoms with Crippen LogP contribution in [0.2, 0.25) is 0 Å². The maximum absolute atomic E-state index is 12.3. The van der Waals surface area contributed by atoms with E-state index in [1.165, 1.54) is 20.2 Å². The average Bonchev–Trinajstić information content (AvgIpc) is 2.49. The number of hydrogen-bond acceptors (Lipinski definition) is 5. The zero-order valence-corrected chi connectivity index (χ0v) is 14.4. The van der Waals surface area contributed by atoms with E-state index in [2.05, 4.69) is 10.6 Å². The Balaban J connectivity index is 2.10. The molecule has 128 valence electrons. The second-order valence-electron chi connectivity index (χ2n) is 5.75. The maximum atomic E-state index is 12.3. The number of sulfonamides is 1. The van der Waals surface area contributed by atoms with E-state index in [0.717, 1.165) is 10.8 Å². The molecule has 1 aliphatic heterocycles. The number of hydrogen-bond donors (Lipinski definition) is 2. The zero-order valence-electron chi connectivity index (χ0n) is 13.6. The minimum atomic E-state index is -3.54. The predicted octanol–water partition coefficient (Wildman–Crippen LogP) is 0.562. The predicted molar refractivity (Wildman–Crippen MR) is 87.9 cm³/mol. The number of carbonyl (C=O) groups excluding carboxylic acids is 1. The van der Waals surface area contributed by atoms with Crippen LogP contribution in [0, 0.1) is 6.92 Å². The molecule has 1 atom stereocenters. The fourth-order valence-corrected chi connectivity index (χ4v) is 3.48. The topological polar surface area (TPSA) is 87.7 Å². The molecule has 23 heavy (non-hydrogen) atoms. The largest absolute Gasteiger partial charge is 0.378 e. The highest BCUT2D eigenvalue weighted by Gasteiger charge is 2.21. The third-order valence-corrected chi connectivity index (χ3v) is 5.62. The highest BCUT2D eigenvalue weighted by Crippen LogP contribution is 2.22. The molecular formula is C15H23N3O4S. The van der Waals surface area contributed by atoms with Gasteiger partial charge in [-0.15, -0.1) is 0 Å². The first-order valence-electron chi connectivity index (χ1n) is 7.45. The Hall–Kier alpha value is -1.48. The molecule has 1 amide bonds. The molecule has 1 saturated heterocycles. The molecule has 1 heterocycles. The lowest BCUT2D eigenvalue weighted by molar-refractivity contribution is -0.117. The van der Waals surface area contributed by atoms with Gasteiger partial charge in [0.15, 0.2) is 0 Å². The molecule has 1 fully saturated rings. The van der Waals surface area contributed by atoms with E-state index >= 15 is 0 Å². The van der Waals surface area contributed by atoms with Crippen LogP contribution in [0.4, 0.5) is 5.69 Å². The molecule has 0 radical (unpaired) electrons. The Labute approximate surface area is 137 Å². The molecular weight excluding hydrogens is 318 g/mol. The minimum Gasteiger partial charge on any atom is -0.378 e. The third-order valence-electron chi connectivity index (χ3n) is 3.66. The zero-order chi connectivity index (χ0) is 17.0. The Bertz CT molecular complexity index is 667. The number of rotatable bonds is 5. The summed E-state index contributed by atoms with van der Waals surface area (Å²) in [4.78, 5) is 12.3. The lowest BCUT2D eigenvalue weighted by atomic mass is 10.2. The summed E-state index contributed by atoms with van der Waals surface area (Å²) in [7, 11) is -0.582. The van der Waals surface area contributed by atoms with Crippen molar-refractivity contribution in [3.05, 3.63) is 23.8 Å². The lowest BCUT2D eigenvalue weighted by Gasteiger charge is -2.23. The molecule has 1 aromatic rings. The normalized spacial score (nSPS) is 18.9. The van der Waals surface area contributed by atoms with Gasteiger partial charge in [0, 0.05) is 38.8 Å². The molecule has 0 aliphatic carbocycles. The van der Waals surface area contributed by atoms with E-state index in [4.69, 9.17) is 4.74 Å². The van der Waals surface area contributed by atoms with Crippen molar-refractivity contribution in [2.24, 2.45) is 0 Å². The summed E-state index contributed by atoms with van der Waals surface area (Å²) in [6, 6.07) is 4.87. The number of nitrogens with zero attached hydrogens (tertiary/aromatic N) is 1.